The predicted molar refractivity (Wildman–Crippen MR) is 129 cm³/mol. The van der Waals surface area contributed by atoms with E-state index < -0.39 is 6.03 Å². The molecule has 3 N–H and O–H groups in total. The van der Waals surface area contributed by atoms with Gasteiger partial charge in [0, 0.05) is 25.0 Å². The first kappa shape index (κ1) is 24.5. The molecule has 1 aromatic carbocycles. The van der Waals surface area contributed by atoms with Crippen LogP contribution in [0.4, 0.5) is 10.5 Å². The Morgan fingerprint density at radius 1 is 1.03 bits per heavy atom. The molecule has 0 atom stereocenters. The van der Waals surface area contributed by atoms with E-state index in [1.165, 1.54) is 51.4 Å². The number of nitrogens with zero attached hydrogens (tertiary/aromatic N) is 1. The van der Waals surface area contributed by atoms with Crippen LogP contribution in [0.1, 0.15) is 70.6 Å². The SMILES string of the molecule is O=C(N=S)Nc1ccccc1OCCCCCCCCNC(=S)NC1CCCCC1. The number of rotatable bonds is 12. The van der Waals surface area contributed by atoms with E-state index in [0.717, 1.165) is 30.9 Å². The molecule has 0 aromatic heterocycles. The normalized spacial score (nSPS) is 14.0. The first-order valence-electron chi connectivity index (χ1n) is 11.1. The number of anilines is 1. The highest BCUT2D eigenvalue weighted by atomic mass is 32.1. The van der Waals surface area contributed by atoms with Crippen LogP contribution in [0, 0.1) is 0 Å². The molecule has 1 aromatic rings. The lowest BCUT2D eigenvalue weighted by Gasteiger charge is -2.24. The molecule has 1 aliphatic rings. The van der Waals surface area contributed by atoms with Gasteiger partial charge in [-0.1, -0.05) is 57.1 Å². The van der Waals surface area contributed by atoms with Gasteiger partial charge in [-0.15, -0.1) is 4.36 Å². The van der Waals surface area contributed by atoms with Crippen molar-refractivity contribution in [3.63, 3.8) is 0 Å². The van der Waals surface area contributed by atoms with Crippen molar-refractivity contribution in [1.29, 1.82) is 0 Å². The maximum absolute atomic E-state index is 11.3. The summed E-state index contributed by atoms with van der Waals surface area (Å²) < 4.78 is 8.97. The fraction of sp³-hybridized carbons (Fsp3) is 0.636. The first-order valence-corrected chi connectivity index (χ1v) is 11.9. The Hall–Kier alpha value is -1.80. The number of urea groups is 1. The lowest BCUT2D eigenvalue weighted by molar-refractivity contribution is 0.259. The Balaban J connectivity index is 1.44. The minimum Gasteiger partial charge on any atom is -0.491 e. The van der Waals surface area contributed by atoms with Gasteiger partial charge in [0.1, 0.15) is 5.75 Å². The quantitative estimate of drug-likeness (QED) is 0.290. The highest BCUT2D eigenvalue weighted by Gasteiger charge is 2.13. The van der Waals surface area contributed by atoms with Crippen LogP contribution in [0.3, 0.4) is 0 Å². The number of ether oxygens (including phenoxy) is 1. The van der Waals surface area contributed by atoms with E-state index in [2.05, 4.69) is 32.7 Å². The maximum atomic E-state index is 11.3. The van der Waals surface area contributed by atoms with E-state index in [1.54, 1.807) is 6.07 Å². The van der Waals surface area contributed by atoms with Gasteiger partial charge in [-0.2, -0.15) is 0 Å². The van der Waals surface area contributed by atoms with E-state index in [0.29, 0.717) is 24.1 Å². The van der Waals surface area contributed by atoms with E-state index in [9.17, 15) is 4.79 Å². The fourth-order valence-corrected chi connectivity index (χ4v) is 3.95. The van der Waals surface area contributed by atoms with Gasteiger partial charge in [-0.05, 0) is 50.0 Å². The number of thiocarbonyl (C=S) groups is 1. The molecule has 166 valence electrons. The van der Waals surface area contributed by atoms with Crippen LogP contribution >= 0.6 is 12.2 Å². The van der Waals surface area contributed by atoms with Gasteiger partial charge in [-0.25, -0.2) is 4.79 Å². The molecular weight excluding hydrogens is 416 g/mol. The standard InChI is InChI=1S/C22H34N4O2S2/c27-21(26-30)25-19-14-8-9-15-20(19)28-17-11-4-2-1-3-10-16-23-22(29)24-18-12-6-5-7-13-18/h8-9,14-15,18H,1-7,10-13,16-17H2,(H,25,27)(H2,23,24,29). The van der Waals surface area contributed by atoms with Crippen molar-refractivity contribution in [2.24, 2.45) is 4.36 Å². The molecule has 8 heteroatoms. The second-order valence-corrected chi connectivity index (χ2v) is 8.31. The van der Waals surface area contributed by atoms with Gasteiger partial charge < -0.3 is 20.7 Å². The Morgan fingerprint density at radius 2 is 1.73 bits per heavy atom. The average Bonchev–Trinajstić information content (AvgIpc) is 2.76. The molecule has 0 spiro atoms. The molecule has 1 aliphatic carbocycles. The van der Waals surface area contributed by atoms with Crippen molar-refractivity contribution in [2.45, 2.75) is 76.7 Å². The Bertz CT molecular complexity index is 666. The lowest BCUT2D eigenvalue weighted by Crippen LogP contribution is -2.42. The minimum atomic E-state index is -0.555. The van der Waals surface area contributed by atoms with E-state index in [-0.39, 0.29) is 0 Å². The Morgan fingerprint density at radius 3 is 2.50 bits per heavy atom. The molecule has 0 aliphatic heterocycles. The summed E-state index contributed by atoms with van der Waals surface area (Å²) in [6, 6.07) is 7.33. The van der Waals surface area contributed by atoms with Crippen molar-refractivity contribution in [3.8, 4) is 5.75 Å². The van der Waals surface area contributed by atoms with Crippen molar-refractivity contribution in [3.05, 3.63) is 24.3 Å². The number of hydrogen-bond acceptors (Lipinski definition) is 4. The molecule has 6 nitrogen and oxygen atoms in total. The van der Waals surface area contributed by atoms with Crippen LogP contribution in [-0.2, 0) is 12.4 Å². The average molecular weight is 451 g/mol. The number of benzene rings is 1. The predicted octanol–water partition coefficient (Wildman–Crippen LogP) is 5.47. The molecule has 1 fully saturated rings. The third kappa shape index (κ3) is 10.3. The number of unbranched alkanes of at least 4 members (excludes halogenated alkanes) is 5. The summed E-state index contributed by atoms with van der Waals surface area (Å²) in [6.07, 6.45) is 13.4. The highest BCUT2D eigenvalue weighted by Crippen LogP contribution is 2.24. The first-order chi connectivity index (χ1) is 14.7. The second kappa shape index (κ2) is 15.1. The zero-order valence-corrected chi connectivity index (χ0v) is 19.3. The number of nitrogens with one attached hydrogen (secondary N) is 3. The summed E-state index contributed by atoms with van der Waals surface area (Å²) in [5.41, 5.74) is 0.597. The number of amides is 2. The molecule has 2 rings (SSSR count). The molecule has 2 amide bonds. The van der Waals surface area contributed by atoms with E-state index in [4.69, 9.17) is 17.0 Å². The molecular formula is C22H34N4O2S2. The molecule has 0 heterocycles. The van der Waals surface area contributed by atoms with Crippen molar-refractivity contribution >= 4 is 41.5 Å². The van der Waals surface area contributed by atoms with Crippen LogP contribution < -0.4 is 20.7 Å². The largest absolute Gasteiger partial charge is 0.491 e. The van der Waals surface area contributed by atoms with Gasteiger partial charge in [0.25, 0.3) is 0 Å². The molecule has 30 heavy (non-hydrogen) atoms. The van der Waals surface area contributed by atoms with Gasteiger partial charge >= 0.3 is 6.03 Å². The van der Waals surface area contributed by atoms with Gasteiger partial charge in [0.05, 0.1) is 12.3 Å². The number of para-hydroxylation sites is 2. The summed E-state index contributed by atoms with van der Waals surface area (Å²) in [5.74, 6) is 0.647. The highest BCUT2D eigenvalue weighted by molar-refractivity contribution is 7.80. The lowest BCUT2D eigenvalue weighted by atomic mass is 9.96. The molecule has 0 unspecified atom stereocenters. The zero-order valence-electron chi connectivity index (χ0n) is 17.7. The molecule has 1 saturated carbocycles. The van der Waals surface area contributed by atoms with E-state index in [1.807, 2.05) is 18.2 Å². The van der Waals surface area contributed by atoms with Gasteiger partial charge in [0.15, 0.2) is 5.11 Å². The van der Waals surface area contributed by atoms with Crippen molar-refractivity contribution in [2.75, 3.05) is 18.5 Å². The van der Waals surface area contributed by atoms with Crippen molar-refractivity contribution in [1.82, 2.24) is 10.6 Å². The van der Waals surface area contributed by atoms with Gasteiger partial charge in [-0.3, -0.25) is 0 Å². The summed E-state index contributed by atoms with van der Waals surface area (Å²) in [7, 11) is 0. The number of hydrogen-bond donors (Lipinski definition) is 3. The fourth-order valence-electron chi connectivity index (χ4n) is 3.64. The van der Waals surface area contributed by atoms with E-state index >= 15 is 0 Å². The summed E-state index contributed by atoms with van der Waals surface area (Å²) in [4.78, 5) is 11.3. The van der Waals surface area contributed by atoms with Crippen LogP contribution in [0.15, 0.2) is 28.6 Å². The van der Waals surface area contributed by atoms with Crippen LogP contribution in [0.25, 0.3) is 0 Å². The minimum absolute atomic E-state index is 0.555. The monoisotopic (exact) mass is 450 g/mol. The summed E-state index contributed by atoms with van der Waals surface area (Å²) >= 11 is 9.79. The second-order valence-electron chi connectivity index (χ2n) is 7.72. The summed E-state index contributed by atoms with van der Waals surface area (Å²) in [5, 5.41) is 10.2. The third-order valence-corrected chi connectivity index (χ3v) is 5.69. The zero-order chi connectivity index (χ0) is 21.4. The Labute approximate surface area is 191 Å². The maximum Gasteiger partial charge on any atom is 0.356 e. The van der Waals surface area contributed by atoms with Crippen LogP contribution in [-0.4, -0.2) is 30.3 Å². The van der Waals surface area contributed by atoms with Crippen LogP contribution in [0.2, 0.25) is 0 Å². The molecule has 0 radical (unpaired) electrons. The topological polar surface area (TPSA) is 74.8 Å². The number of carbonyl (C=O) groups is 1. The smallest absolute Gasteiger partial charge is 0.356 e. The molecule has 0 saturated heterocycles. The molecule has 0 bridgehead atoms. The van der Waals surface area contributed by atoms with Crippen molar-refractivity contribution < 1.29 is 9.53 Å². The summed E-state index contributed by atoms with van der Waals surface area (Å²) in [6.45, 7) is 1.57. The van der Waals surface area contributed by atoms with Gasteiger partial charge in [0.2, 0.25) is 0 Å². The van der Waals surface area contributed by atoms with Crippen LogP contribution in [0.5, 0.6) is 5.75 Å². The number of carbonyl (C=O) groups excluding carboxylic acids is 1. The Kier molecular flexibility index (Phi) is 12.3. The third-order valence-electron chi connectivity index (χ3n) is 5.27.